The molecule has 5 fully saturated rings. The second kappa shape index (κ2) is 16.3. The van der Waals surface area contributed by atoms with E-state index < -0.39 is 65.2 Å². The SMILES string of the molecule is CC[C@H]1OC(=O)[C@@]2(C)CCO[C@@](C)(C[C@@H](C)CN[C@H](C)[C@H]3NC(=O)O[C@@]31C)[C@H](O[C@@H]1O[C@H](CNCc3cccnc3)C[C@H](N(C)C)[C@H]1O)[C@@H](C)C2=O. The molecule has 0 unspecified atom stereocenters. The maximum atomic E-state index is 14.7. The van der Waals surface area contributed by atoms with Crippen molar-refractivity contribution in [3.63, 3.8) is 0 Å². The fraction of sp³-hybridized carbons (Fsp3) is 0.789. The van der Waals surface area contributed by atoms with Crippen LogP contribution >= 0.6 is 0 Å². The largest absolute Gasteiger partial charge is 0.457 e. The summed E-state index contributed by atoms with van der Waals surface area (Å²) in [6.45, 7) is 14.8. The average molecular weight is 732 g/mol. The predicted octanol–water partition coefficient (Wildman–Crippen LogP) is 2.56. The van der Waals surface area contributed by atoms with Gasteiger partial charge in [0, 0.05) is 50.1 Å². The number of aliphatic hydroxyl groups is 1. The molecule has 1 aromatic heterocycles. The quantitative estimate of drug-likeness (QED) is 0.228. The number of pyridine rings is 1. The number of Topliss-reactive ketones (excluding diaryl/α,β-unsaturated/α-hetero) is 1. The van der Waals surface area contributed by atoms with E-state index in [2.05, 4.69) is 27.9 Å². The molecule has 6 rings (SSSR count). The molecule has 5 aliphatic rings. The van der Waals surface area contributed by atoms with Crippen LogP contribution in [-0.2, 0) is 39.8 Å². The van der Waals surface area contributed by atoms with Crippen LogP contribution in [0.1, 0.15) is 79.7 Å². The van der Waals surface area contributed by atoms with E-state index in [-0.39, 0.29) is 42.9 Å². The maximum Gasteiger partial charge on any atom is 0.408 e. The van der Waals surface area contributed by atoms with Crippen molar-refractivity contribution in [1.82, 2.24) is 25.8 Å². The normalized spacial score (nSPS) is 42.0. The third-order valence-electron chi connectivity index (χ3n) is 11.9. The van der Waals surface area contributed by atoms with E-state index in [4.69, 9.17) is 23.7 Å². The van der Waals surface area contributed by atoms with Gasteiger partial charge in [0.05, 0.1) is 23.9 Å². The van der Waals surface area contributed by atoms with Crippen molar-refractivity contribution in [3.8, 4) is 0 Å². The highest BCUT2D eigenvalue weighted by Crippen LogP contribution is 2.43. The minimum Gasteiger partial charge on any atom is -0.457 e. The second-order valence-corrected chi connectivity index (χ2v) is 16.3. The van der Waals surface area contributed by atoms with Gasteiger partial charge < -0.3 is 49.6 Å². The molecular weight excluding hydrogens is 670 g/mol. The summed E-state index contributed by atoms with van der Waals surface area (Å²) in [4.78, 5) is 47.8. The molecule has 13 atom stereocenters. The topological polar surface area (TPSA) is 170 Å². The number of likely N-dealkylation sites (N-methyl/N-ethyl adjacent to an activating group) is 1. The van der Waals surface area contributed by atoms with Crippen molar-refractivity contribution in [2.45, 2.75) is 141 Å². The molecule has 0 radical (unpaired) electrons. The lowest BCUT2D eigenvalue weighted by atomic mass is 9.70. The number of ether oxygens (including phenoxy) is 5. The Morgan fingerprint density at radius 2 is 1.90 bits per heavy atom. The summed E-state index contributed by atoms with van der Waals surface area (Å²) in [5, 5.41) is 21.6. The first-order valence-corrected chi connectivity index (χ1v) is 18.9. The highest BCUT2D eigenvalue weighted by molar-refractivity contribution is 6.04. The van der Waals surface area contributed by atoms with E-state index >= 15 is 0 Å². The molecule has 14 nitrogen and oxygen atoms in total. The van der Waals surface area contributed by atoms with Gasteiger partial charge in [-0.2, -0.15) is 0 Å². The van der Waals surface area contributed by atoms with Crippen molar-refractivity contribution < 1.29 is 43.2 Å². The number of hydrogen-bond acceptors (Lipinski definition) is 13. The summed E-state index contributed by atoms with van der Waals surface area (Å²) >= 11 is 0. The molecular formula is C38H61N5O9. The molecule has 0 spiro atoms. The molecule has 5 saturated heterocycles. The lowest BCUT2D eigenvalue weighted by Gasteiger charge is -2.49. The molecule has 6 heterocycles. The molecule has 2 bridgehead atoms. The molecule has 0 aliphatic carbocycles. The third-order valence-corrected chi connectivity index (χ3v) is 11.9. The van der Waals surface area contributed by atoms with Gasteiger partial charge in [-0.15, -0.1) is 0 Å². The van der Waals surface area contributed by atoms with Crippen LogP contribution < -0.4 is 16.0 Å². The molecule has 14 heteroatoms. The van der Waals surface area contributed by atoms with Gasteiger partial charge in [0.1, 0.15) is 17.6 Å². The number of esters is 1. The molecule has 52 heavy (non-hydrogen) atoms. The Hall–Kier alpha value is -2.72. The lowest BCUT2D eigenvalue weighted by Crippen LogP contribution is -2.62. The number of alkyl carbamates (subject to hydrolysis) is 1. The molecule has 1 amide bonds. The zero-order valence-electron chi connectivity index (χ0n) is 32.3. The summed E-state index contributed by atoms with van der Waals surface area (Å²) in [5.74, 6) is -1.86. The number of nitrogens with zero attached hydrogens (tertiary/aromatic N) is 2. The first-order valence-electron chi connectivity index (χ1n) is 18.9. The number of carbonyl (C=O) groups is 3. The van der Waals surface area contributed by atoms with Crippen LogP contribution in [0, 0.1) is 17.3 Å². The van der Waals surface area contributed by atoms with E-state index in [0.717, 1.165) is 5.56 Å². The van der Waals surface area contributed by atoms with Crippen LogP contribution in [0.25, 0.3) is 0 Å². The smallest absolute Gasteiger partial charge is 0.408 e. The maximum absolute atomic E-state index is 14.7. The zero-order chi connectivity index (χ0) is 38.0. The number of ketones is 1. The fourth-order valence-electron chi connectivity index (χ4n) is 8.79. The standard InChI is InChI=1S/C38H61N5O9/c1-10-28-38(7)30(42-35(47)52-38)24(4)41-18-22(2)17-37(6)32(23(3)31(45)36(5,13-15-48-37)34(46)50-28)51-33-29(44)27(43(8)9)16-26(49-33)21-40-20-25-12-11-14-39-19-25/h11-12,14,19,22-24,26-30,32-33,40-41,44H,10,13,15-18,20-21H2,1-9H3,(H,42,47)/t22-,23+,24-,26+,27+,28-,29-,30-,32-,33+,36+,37+,38-/m1/s1. The Kier molecular flexibility index (Phi) is 12.7. The Balaban J connectivity index is 1.46. The molecule has 4 N–H and O–H groups in total. The van der Waals surface area contributed by atoms with Crippen LogP contribution in [0.5, 0.6) is 0 Å². The van der Waals surface area contributed by atoms with E-state index in [1.165, 1.54) is 0 Å². The van der Waals surface area contributed by atoms with E-state index in [1.807, 2.05) is 58.1 Å². The predicted molar refractivity (Wildman–Crippen MR) is 192 cm³/mol. The average Bonchev–Trinajstić information content (AvgIpc) is 3.42. The minimum atomic E-state index is -1.58. The van der Waals surface area contributed by atoms with Crippen LogP contribution in [0.15, 0.2) is 24.5 Å². The van der Waals surface area contributed by atoms with E-state index in [0.29, 0.717) is 38.9 Å². The van der Waals surface area contributed by atoms with E-state index in [1.54, 1.807) is 27.0 Å². The lowest BCUT2D eigenvalue weighted by molar-refractivity contribution is -0.301. The van der Waals surface area contributed by atoms with Crippen molar-refractivity contribution in [1.29, 1.82) is 0 Å². The molecule has 0 aromatic carbocycles. The molecule has 0 saturated carbocycles. The summed E-state index contributed by atoms with van der Waals surface area (Å²) in [7, 11) is 3.83. The van der Waals surface area contributed by atoms with Crippen LogP contribution in [-0.4, -0.2) is 127 Å². The third kappa shape index (κ3) is 8.33. The van der Waals surface area contributed by atoms with Crippen molar-refractivity contribution in [3.05, 3.63) is 30.1 Å². The zero-order valence-corrected chi connectivity index (χ0v) is 32.3. The van der Waals surface area contributed by atoms with Crippen LogP contribution in [0.2, 0.25) is 0 Å². The Labute approximate surface area is 308 Å². The number of carbonyl (C=O) groups excluding carboxylic acids is 3. The molecule has 5 aliphatic heterocycles. The Morgan fingerprint density at radius 3 is 2.58 bits per heavy atom. The first-order chi connectivity index (χ1) is 24.5. The fourth-order valence-corrected chi connectivity index (χ4v) is 8.79. The van der Waals surface area contributed by atoms with Gasteiger partial charge in [0.25, 0.3) is 0 Å². The number of aliphatic hydroxyl groups excluding tert-OH is 1. The summed E-state index contributed by atoms with van der Waals surface area (Å²) < 4.78 is 32.1. The van der Waals surface area contributed by atoms with Gasteiger partial charge in [-0.1, -0.05) is 26.8 Å². The van der Waals surface area contributed by atoms with Crippen molar-refractivity contribution >= 4 is 17.8 Å². The van der Waals surface area contributed by atoms with Crippen LogP contribution in [0.4, 0.5) is 4.79 Å². The molecule has 292 valence electrons. The Morgan fingerprint density at radius 1 is 1.15 bits per heavy atom. The number of amides is 1. The highest BCUT2D eigenvalue weighted by atomic mass is 16.7. The highest BCUT2D eigenvalue weighted by Gasteiger charge is 2.58. The molecule has 1 aromatic rings. The minimum absolute atomic E-state index is 0.0251. The van der Waals surface area contributed by atoms with Gasteiger partial charge in [-0.25, -0.2) is 4.79 Å². The number of nitrogens with one attached hydrogen (secondary N) is 3. The van der Waals surface area contributed by atoms with Crippen LogP contribution in [0.3, 0.4) is 0 Å². The number of fused-ring (bicyclic) bond motifs is 10. The second-order valence-electron chi connectivity index (χ2n) is 16.3. The van der Waals surface area contributed by atoms with Gasteiger partial charge >= 0.3 is 12.1 Å². The number of hydrogen-bond donors (Lipinski definition) is 4. The van der Waals surface area contributed by atoms with Gasteiger partial charge in [0.2, 0.25) is 0 Å². The summed E-state index contributed by atoms with van der Waals surface area (Å²) in [5.41, 5.74) is -2.72. The Bertz CT molecular complexity index is 1400. The van der Waals surface area contributed by atoms with Gasteiger partial charge in [-0.3, -0.25) is 14.6 Å². The number of aromatic nitrogens is 1. The van der Waals surface area contributed by atoms with Crippen molar-refractivity contribution in [2.75, 3.05) is 33.8 Å². The van der Waals surface area contributed by atoms with Crippen molar-refractivity contribution in [2.24, 2.45) is 17.3 Å². The van der Waals surface area contributed by atoms with Gasteiger partial charge in [0.15, 0.2) is 17.7 Å². The summed E-state index contributed by atoms with van der Waals surface area (Å²) in [6, 6.07) is 2.87. The van der Waals surface area contributed by atoms with Gasteiger partial charge in [-0.05, 0) is 91.6 Å². The number of rotatable bonds is 8. The first kappa shape index (κ1) is 40.5. The monoisotopic (exact) mass is 731 g/mol. The van der Waals surface area contributed by atoms with E-state index in [9.17, 15) is 19.5 Å². The summed E-state index contributed by atoms with van der Waals surface area (Å²) in [6.07, 6.45) is 0.387.